The zero-order valence-electron chi connectivity index (χ0n) is 25.1. The molecule has 0 bridgehead atoms. The molecule has 0 saturated carbocycles. The quantitative estimate of drug-likeness (QED) is 0.147. The number of rotatable bonds is 7. The Kier molecular flexibility index (Phi) is 10.9. The maximum absolute atomic E-state index is 13.2. The molecule has 0 aromatic heterocycles. The van der Waals surface area contributed by atoms with Crippen LogP contribution in [0.4, 0.5) is 17.1 Å². The lowest BCUT2D eigenvalue weighted by molar-refractivity contribution is -0.119. The molecule has 14 heteroatoms. The van der Waals surface area contributed by atoms with Crippen molar-refractivity contribution in [1.82, 2.24) is 9.80 Å². The van der Waals surface area contributed by atoms with Gasteiger partial charge in [-0.25, -0.2) is 9.36 Å². The number of piperazine rings is 1. The van der Waals surface area contributed by atoms with Crippen LogP contribution in [0.15, 0.2) is 72.8 Å². The van der Waals surface area contributed by atoms with Gasteiger partial charge in [0.1, 0.15) is 0 Å². The largest absolute Gasteiger partial charge is 0.466 e. The maximum atomic E-state index is 13.2. The minimum Gasteiger partial charge on any atom is -0.465 e. The number of methoxy groups -OCH3 is 1. The van der Waals surface area contributed by atoms with Crippen LogP contribution in [-0.2, 0) is 18.9 Å². The Balaban J connectivity index is 0.000000854. The van der Waals surface area contributed by atoms with E-state index in [4.69, 9.17) is 24.0 Å². The molecule has 238 valence electrons. The fraction of sp³-hybridized carbons (Fsp3) is 0.258. The normalized spacial score (nSPS) is 16.1. The van der Waals surface area contributed by atoms with Crippen molar-refractivity contribution in [3.05, 3.63) is 89.5 Å². The van der Waals surface area contributed by atoms with Crippen LogP contribution in [0.2, 0.25) is 0 Å². The molecule has 1 fully saturated rings. The second-order valence-electron chi connectivity index (χ2n) is 10.5. The predicted octanol–water partition coefficient (Wildman–Crippen LogP) is 2.69. The van der Waals surface area contributed by atoms with Crippen molar-refractivity contribution in [3.8, 4) is 0 Å². The third-order valence-corrected chi connectivity index (χ3v) is 7.35. The minimum atomic E-state index is -4.64. The van der Waals surface area contributed by atoms with Crippen LogP contribution in [0.1, 0.15) is 21.5 Å². The number of benzene rings is 3. The van der Waals surface area contributed by atoms with Gasteiger partial charge in [0.2, 0.25) is 5.91 Å². The number of ether oxygens (including phenoxy) is 1. The van der Waals surface area contributed by atoms with Crippen LogP contribution in [0.3, 0.4) is 0 Å². The fourth-order valence-corrected chi connectivity index (χ4v) is 4.91. The summed E-state index contributed by atoms with van der Waals surface area (Å²) in [5, 5.41) is 6.31. The van der Waals surface area contributed by atoms with Gasteiger partial charge in [-0.15, -0.1) is 0 Å². The number of nitrogens with one attached hydrogen (secondary N) is 2. The summed E-state index contributed by atoms with van der Waals surface area (Å²) in [4.78, 5) is 65.8. The Morgan fingerprint density at radius 1 is 0.956 bits per heavy atom. The van der Waals surface area contributed by atoms with Crippen LogP contribution in [-0.4, -0.2) is 96.2 Å². The Bertz CT molecular complexity index is 1610. The first-order valence-electron chi connectivity index (χ1n) is 14.0. The molecule has 3 aromatic rings. The highest BCUT2D eigenvalue weighted by atomic mass is 31.2. The molecular weight excluding hydrogens is 601 g/mol. The van der Waals surface area contributed by atoms with Crippen LogP contribution >= 0.6 is 7.82 Å². The van der Waals surface area contributed by atoms with Gasteiger partial charge in [0, 0.05) is 50.2 Å². The van der Waals surface area contributed by atoms with Gasteiger partial charge in [0.05, 0.1) is 36.2 Å². The summed E-state index contributed by atoms with van der Waals surface area (Å²) in [6.07, 6.45) is 0. The summed E-state index contributed by atoms with van der Waals surface area (Å²) in [6.45, 7) is 4.09. The van der Waals surface area contributed by atoms with E-state index in [1.165, 1.54) is 7.11 Å². The number of carbonyl (C=O) groups is 3. The van der Waals surface area contributed by atoms with Crippen molar-refractivity contribution < 1.29 is 38.4 Å². The summed E-state index contributed by atoms with van der Waals surface area (Å²) in [7, 11) is 0.572. The van der Waals surface area contributed by atoms with Crippen LogP contribution in [0, 0.1) is 0 Å². The first kappa shape index (κ1) is 33.5. The molecule has 2 aliphatic heterocycles. The molecule has 2 amide bonds. The van der Waals surface area contributed by atoms with Crippen LogP contribution in [0.5, 0.6) is 0 Å². The van der Waals surface area contributed by atoms with Crippen molar-refractivity contribution in [2.75, 3.05) is 69.5 Å². The van der Waals surface area contributed by atoms with E-state index in [1.54, 1.807) is 30.1 Å². The first-order valence-corrected chi connectivity index (χ1v) is 15.6. The topological polar surface area (TPSA) is 172 Å². The van der Waals surface area contributed by atoms with Gasteiger partial charge in [0.25, 0.3) is 5.91 Å². The SMILES string of the molecule is COC(=O)c1ccc2c(c1)NC(=O)/C2=C(\Nc1ccc(N(C)C(=O)CN2CCN(C)CC2)cc1)c1ccccc1.O=P(O)(O)O. The Morgan fingerprint density at radius 2 is 1.58 bits per heavy atom. The lowest BCUT2D eigenvalue weighted by Crippen LogP contribution is -2.48. The highest BCUT2D eigenvalue weighted by Crippen LogP contribution is 2.38. The van der Waals surface area contributed by atoms with Gasteiger partial charge in [0.15, 0.2) is 0 Å². The number of carbonyl (C=O) groups excluding carboxylic acids is 3. The third-order valence-electron chi connectivity index (χ3n) is 7.35. The number of hydrogen-bond donors (Lipinski definition) is 5. The summed E-state index contributed by atoms with van der Waals surface area (Å²) >= 11 is 0. The molecule has 1 saturated heterocycles. The lowest BCUT2D eigenvalue weighted by atomic mass is 9.99. The van der Waals surface area contributed by atoms with Crippen LogP contribution < -0.4 is 15.5 Å². The predicted molar refractivity (Wildman–Crippen MR) is 171 cm³/mol. The molecule has 5 N–H and O–H groups in total. The number of anilines is 3. The standard InChI is InChI=1S/C31H33N5O4.H3O4P/c1-34-15-17-36(18-16-34)20-27(37)35(2)24-12-10-23(11-13-24)32-29(21-7-5-4-6-8-21)28-25-14-9-22(31(39)40-3)19-26(25)33-30(28)38;1-5(2,3)4/h4-14,19,32H,15-18,20H2,1-3H3,(H,33,38);(H3,1,2,3,4)/b29-28-;. The molecule has 13 nitrogen and oxygen atoms in total. The Hall–Kier alpha value is -4.36. The maximum Gasteiger partial charge on any atom is 0.466 e. The van der Waals surface area contributed by atoms with Crippen molar-refractivity contribution in [2.45, 2.75) is 0 Å². The van der Waals surface area contributed by atoms with E-state index in [0.29, 0.717) is 34.6 Å². The molecule has 3 aromatic carbocycles. The summed E-state index contributed by atoms with van der Waals surface area (Å²) in [6, 6.07) is 22.2. The zero-order chi connectivity index (χ0) is 32.7. The highest BCUT2D eigenvalue weighted by Gasteiger charge is 2.29. The van der Waals surface area contributed by atoms with Gasteiger partial charge in [-0.2, -0.15) is 0 Å². The highest BCUT2D eigenvalue weighted by molar-refractivity contribution is 7.45. The van der Waals surface area contributed by atoms with E-state index in [2.05, 4.69) is 27.5 Å². The van der Waals surface area contributed by atoms with Crippen molar-refractivity contribution in [2.24, 2.45) is 0 Å². The van der Waals surface area contributed by atoms with Crippen molar-refractivity contribution >= 4 is 53.9 Å². The molecule has 0 spiro atoms. The first-order chi connectivity index (χ1) is 21.3. The summed E-state index contributed by atoms with van der Waals surface area (Å²) in [5.74, 6) is -0.694. The molecule has 0 unspecified atom stereocenters. The minimum absolute atomic E-state index is 0.0444. The molecule has 45 heavy (non-hydrogen) atoms. The Labute approximate surface area is 261 Å². The summed E-state index contributed by atoms with van der Waals surface area (Å²) in [5.41, 5.74) is 5.10. The number of hydrogen-bond acceptors (Lipinski definition) is 8. The fourth-order valence-electron chi connectivity index (χ4n) is 4.91. The van der Waals surface area contributed by atoms with Gasteiger partial charge in [-0.05, 0) is 49.0 Å². The molecule has 2 aliphatic rings. The number of likely N-dealkylation sites (N-methyl/N-ethyl adjacent to an activating group) is 2. The average molecular weight is 638 g/mol. The van der Waals surface area contributed by atoms with E-state index in [1.807, 2.05) is 54.6 Å². The van der Waals surface area contributed by atoms with Crippen LogP contribution in [0.25, 0.3) is 11.3 Å². The number of amides is 2. The smallest absolute Gasteiger partial charge is 0.465 e. The van der Waals surface area contributed by atoms with Gasteiger partial charge in [-0.1, -0.05) is 36.4 Å². The van der Waals surface area contributed by atoms with E-state index >= 15 is 0 Å². The molecule has 0 aliphatic carbocycles. The number of phosphoric acid groups is 1. The molecule has 5 rings (SSSR count). The second-order valence-corrected chi connectivity index (χ2v) is 11.6. The molecular formula is C31H36N5O8P. The molecule has 2 heterocycles. The number of nitrogens with zero attached hydrogens (tertiary/aromatic N) is 3. The zero-order valence-corrected chi connectivity index (χ0v) is 26.0. The Morgan fingerprint density at radius 3 is 2.18 bits per heavy atom. The monoisotopic (exact) mass is 637 g/mol. The number of esters is 1. The lowest BCUT2D eigenvalue weighted by Gasteiger charge is -2.32. The van der Waals surface area contributed by atoms with E-state index in [9.17, 15) is 14.4 Å². The second kappa shape index (κ2) is 14.6. The third kappa shape index (κ3) is 9.08. The van der Waals surface area contributed by atoms with Gasteiger partial charge >= 0.3 is 13.8 Å². The van der Waals surface area contributed by atoms with Crippen molar-refractivity contribution in [1.29, 1.82) is 0 Å². The van der Waals surface area contributed by atoms with Gasteiger partial charge in [-0.3, -0.25) is 14.5 Å². The average Bonchev–Trinajstić information content (AvgIpc) is 3.34. The number of fused-ring (bicyclic) bond motifs is 1. The van der Waals surface area contributed by atoms with E-state index < -0.39 is 13.8 Å². The molecule has 0 atom stereocenters. The van der Waals surface area contributed by atoms with Crippen molar-refractivity contribution in [3.63, 3.8) is 0 Å². The van der Waals surface area contributed by atoms with E-state index in [-0.39, 0.29) is 11.8 Å². The van der Waals surface area contributed by atoms with Gasteiger partial charge < -0.3 is 39.9 Å². The van der Waals surface area contributed by atoms with E-state index in [0.717, 1.165) is 43.1 Å². The summed E-state index contributed by atoms with van der Waals surface area (Å²) < 4.78 is 13.7. The molecule has 0 radical (unpaired) electrons.